The van der Waals surface area contributed by atoms with Crippen LogP contribution in [0.1, 0.15) is 50.2 Å². The van der Waals surface area contributed by atoms with Crippen molar-refractivity contribution in [2.24, 2.45) is 4.99 Å². The molecule has 1 heterocycles. The predicted octanol–water partition coefficient (Wildman–Crippen LogP) is 6.03. The number of nitrogens with zero attached hydrogens (tertiary/aromatic N) is 1. The van der Waals surface area contributed by atoms with Gasteiger partial charge in [0.05, 0.1) is 6.61 Å². The summed E-state index contributed by atoms with van der Waals surface area (Å²) in [6.07, 6.45) is 7.61. The monoisotopic (exact) mass is 397 g/mol. The van der Waals surface area contributed by atoms with E-state index in [-0.39, 0.29) is 11.6 Å². The van der Waals surface area contributed by atoms with E-state index < -0.39 is 5.97 Å². The first-order chi connectivity index (χ1) is 13.7. The second-order valence-electron chi connectivity index (χ2n) is 6.65. The van der Waals surface area contributed by atoms with E-state index in [4.69, 9.17) is 21.1 Å². The molecule has 4 nitrogen and oxygen atoms in total. The molecule has 1 aliphatic heterocycles. The molecule has 146 valence electrons. The Morgan fingerprint density at radius 1 is 1.07 bits per heavy atom. The number of hydrogen-bond donors (Lipinski definition) is 0. The van der Waals surface area contributed by atoms with Crippen molar-refractivity contribution >= 4 is 29.5 Å². The lowest BCUT2D eigenvalue weighted by Crippen LogP contribution is -2.05. The topological polar surface area (TPSA) is 47.9 Å². The van der Waals surface area contributed by atoms with Crippen molar-refractivity contribution in [3.05, 3.63) is 70.4 Å². The molecular weight excluding hydrogens is 374 g/mol. The summed E-state index contributed by atoms with van der Waals surface area (Å²) in [5.74, 6) is 0.516. The third-order valence-corrected chi connectivity index (χ3v) is 4.64. The maximum Gasteiger partial charge on any atom is 0.363 e. The molecule has 0 unspecified atom stereocenters. The summed E-state index contributed by atoms with van der Waals surface area (Å²) in [7, 11) is 0. The molecule has 2 aromatic rings. The van der Waals surface area contributed by atoms with Crippen LogP contribution in [0.2, 0.25) is 5.02 Å². The van der Waals surface area contributed by atoms with E-state index >= 15 is 0 Å². The van der Waals surface area contributed by atoms with Gasteiger partial charge in [-0.05, 0) is 36.8 Å². The summed E-state index contributed by atoms with van der Waals surface area (Å²) in [5, 5.41) is 0.561. The molecule has 0 N–H and O–H groups in total. The minimum Gasteiger partial charge on any atom is -0.493 e. The molecule has 0 spiro atoms. The largest absolute Gasteiger partial charge is 0.493 e. The number of carbonyl (C=O) groups excluding carboxylic acids is 1. The van der Waals surface area contributed by atoms with Crippen LogP contribution in [0.4, 0.5) is 0 Å². The fourth-order valence-electron chi connectivity index (χ4n) is 2.92. The SMILES string of the molecule is CCCCCCCOc1ccccc1/C=C1/N=C(c2cccc(Cl)c2)OC1=O. The number of ether oxygens (including phenoxy) is 2. The van der Waals surface area contributed by atoms with Crippen molar-refractivity contribution in [3.8, 4) is 5.75 Å². The Morgan fingerprint density at radius 3 is 2.71 bits per heavy atom. The fraction of sp³-hybridized carbons (Fsp3) is 0.304. The molecule has 0 radical (unpaired) electrons. The van der Waals surface area contributed by atoms with E-state index in [0.717, 1.165) is 24.2 Å². The molecule has 0 atom stereocenters. The second kappa shape index (κ2) is 10.1. The smallest absolute Gasteiger partial charge is 0.363 e. The molecule has 0 bridgehead atoms. The molecule has 3 rings (SSSR count). The first kappa shape index (κ1) is 20.2. The van der Waals surface area contributed by atoms with E-state index in [1.165, 1.54) is 19.3 Å². The maximum atomic E-state index is 12.2. The van der Waals surface area contributed by atoms with Gasteiger partial charge in [0.2, 0.25) is 5.90 Å². The summed E-state index contributed by atoms with van der Waals surface area (Å²) in [5.41, 5.74) is 1.72. The van der Waals surface area contributed by atoms with Gasteiger partial charge in [-0.15, -0.1) is 0 Å². The zero-order valence-electron chi connectivity index (χ0n) is 16.0. The highest BCUT2D eigenvalue weighted by atomic mass is 35.5. The van der Waals surface area contributed by atoms with Crippen LogP contribution in [0.5, 0.6) is 5.75 Å². The Bertz CT molecular complexity index is 889. The lowest BCUT2D eigenvalue weighted by Gasteiger charge is -2.09. The van der Waals surface area contributed by atoms with Crippen molar-refractivity contribution in [3.63, 3.8) is 0 Å². The number of aliphatic imine (C=N–C) groups is 1. The number of hydrogen-bond acceptors (Lipinski definition) is 4. The molecule has 2 aromatic carbocycles. The van der Waals surface area contributed by atoms with Crippen molar-refractivity contribution < 1.29 is 14.3 Å². The van der Waals surface area contributed by atoms with Crippen LogP contribution in [0, 0.1) is 0 Å². The molecular formula is C23H24ClNO3. The molecule has 5 heteroatoms. The second-order valence-corrected chi connectivity index (χ2v) is 7.08. The number of unbranched alkanes of at least 4 members (excludes halogenated alkanes) is 4. The first-order valence-electron chi connectivity index (χ1n) is 9.67. The van der Waals surface area contributed by atoms with Crippen LogP contribution in [0.3, 0.4) is 0 Å². The predicted molar refractivity (Wildman–Crippen MR) is 113 cm³/mol. The zero-order valence-corrected chi connectivity index (χ0v) is 16.7. The summed E-state index contributed by atoms with van der Waals surface area (Å²) in [6, 6.07) is 14.7. The lowest BCUT2D eigenvalue weighted by atomic mass is 10.1. The van der Waals surface area contributed by atoms with Crippen molar-refractivity contribution in [1.29, 1.82) is 0 Å². The minimum absolute atomic E-state index is 0.244. The van der Waals surface area contributed by atoms with E-state index in [1.807, 2.05) is 24.3 Å². The van der Waals surface area contributed by atoms with Crippen LogP contribution in [-0.2, 0) is 9.53 Å². The number of rotatable bonds is 9. The fourth-order valence-corrected chi connectivity index (χ4v) is 3.11. The van der Waals surface area contributed by atoms with Gasteiger partial charge in [0.15, 0.2) is 5.70 Å². The van der Waals surface area contributed by atoms with E-state index in [2.05, 4.69) is 11.9 Å². The summed E-state index contributed by atoms with van der Waals surface area (Å²) >= 11 is 6.01. The number of benzene rings is 2. The van der Waals surface area contributed by atoms with Gasteiger partial charge in [0.25, 0.3) is 0 Å². The van der Waals surface area contributed by atoms with Crippen molar-refractivity contribution in [1.82, 2.24) is 0 Å². The molecule has 0 fully saturated rings. The van der Waals surface area contributed by atoms with Gasteiger partial charge in [0.1, 0.15) is 5.75 Å². The van der Waals surface area contributed by atoms with Crippen LogP contribution >= 0.6 is 11.6 Å². The van der Waals surface area contributed by atoms with Gasteiger partial charge >= 0.3 is 5.97 Å². The summed E-state index contributed by atoms with van der Waals surface area (Å²) in [6.45, 7) is 2.86. The highest BCUT2D eigenvalue weighted by Crippen LogP contribution is 2.25. The van der Waals surface area contributed by atoms with Gasteiger partial charge in [-0.3, -0.25) is 0 Å². The number of esters is 1. The minimum atomic E-state index is -0.482. The molecule has 28 heavy (non-hydrogen) atoms. The van der Waals surface area contributed by atoms with Gasteiger partial charge in [-0.25, -0.2) is 9.79 Å². The number of para-hydroxylation sites is 1. The van der Waals surface area contributed by atoms with Gasteiger partial charge < -0.3 is 9.47 Å². The van der Waals surface area contributed by atoms with Gasteiger partial charge in [0, 0.05) is 16.1 Å². The summed E-state index contributed by atoms with van der Waals surface area (Å²) in [4.78, 5) is 16.6. The molecule has 0 saturated carbocycles. The number of carbonyl (C=O) groups is 1. The normalized spacial score (nSPS) is 14.9. The van der Waals surface area contributed by atoms with E-state index in [1.54, 1.807) is 30.3 Å². The molecule has 0 saturated heterocycles. The lowest BCUT2D eigenvalue weighted by molar-refractivity contribution is -0.129. The molecule has 0 aliphatic carbocycles. The van der Waals surface area contributed by atoms with Crippen LogP contribution in [0.25, 0.3) is 6.08 Å². The van der Waals surface area contributed by atoms with Crippen LogP contribution < -0.4 is 4.74 Å². The highest BCUT2D eigenvalue weighted by molar-refractivity contribution is 6.31. The Kier molecular flexibility index (Phi) is 7.26. The molecule has 0 aromatic heterocycles. The maximum absolute atomic E-state index is 12.2. The Labute approximate surface area is 170 Å². The quantitative estimate of drug-likeness (QED) is 0.294. The molecule has 0 amide bonds. The first-order valence-corrected chi connectivity index (χ1v) is 10.1. The number of cyclic esters (lactones) is 1. The Morgan fingerprint density at radius 2 is 1.89 bits per heavy atom. The van der Waals surface area contributed by atoms with Crippen molar-refractivity contribution in [2.75, 3.05) is 6.61 Å². The van der Waals surface area contributed by atoms with Crippen molar-refractivity contribution in [2.45, 2.75) is 39.0 Å². The van der Waals surface area contributed by atoms with E-state index in [0.29, 0.717) is 17.2 Å². The van der Waals surface area contributed by atoms with Gasteiger partial charge in [-0.2, -0.15) is 0 Å². The Balaban J connectivity index is 1.71. The van der Waals surface area contributed by atoms with Crippen LogP contribution in [0.15, 0.2) is 59.2 Å². The average Bonchev–Trinajstić information content (AvgIpc) is 3.06. The highest BCUT2D eigenvalue weighted by Gasteiger charge is 2.24. The van der Waals surface area contributed by atoms with Gasteiger partial charge in [-0.1, -0.05) is 68.5 Å². The average molecular weight is 398 g/mol. The molecule has 1 aliphatic rings. The van der Waals surface area contributed by atoms with E-state index in [9.17, 15) is 4.79 Å². The summed E-state index contributed by atoms with van der Waals surface area (Å²) < 4.78 is 11.2. The Hall–Kier alpha value is -2.59. The standard InChI is InChI=1S/C23H24ClNO3/c1-2-3-4-5-8-14-27-21-13-7-6-10-17(21)16-20-23(26)28-22(25-20)18-11-9-12-19(24)15-18/h6-7,9-13,15-16H,2-5,8,14H2,1H3/b20-16+. The zero-order chi connectivity index (χ0) is 19.8. The third-order valence-electron chi connectivity index (χ3n) is 4.41. The number of halogens is 1. The third kappa shape index (κ3) is 5.46. The van der Waals surface area contributed by atoms with Crippen LogP contribution in [-0.4, -0.2) is 18.5 Å².